The SMILES string of the molecule is Clc1cc2nc(-c3ccc4c(c3)CNC4)[nH]c2cc1Cl. The van der Waals surface area contributed by atoms with Crippen LogP contribution in [0.1, 0.15) is 11.1 Å². The van der Waals surface area contributed by atoms with Gasteiger partial charge in [0.25, 0.3) is 0 Å². The third-order valence-electron chi connectivity index (χ3n) is 3.63. The largest absolute Gasteiger partial charge is 0.338 e. The summed E-state index contributed by atoms with van der Waals surface area (Å²) >= 11 is 12.1. The number of hydrogen-bond donors (Lipinski definition) is 2. The van der Waals surface area contributed by atoms with Crippen molar-refractivity contribution in [1.82, 2.24) is 15.3 Å². The van der Waals surface area contributed by atoms with Crippen LogP contribution in [0.15, 0.2) is 30.3 Å². The Morgan fingerprint density at radius 1 is 0.950 bits per heavy atom. The van der Waals surface area contributed by atoms with Crippen LogP contribution in [0, 0.1) is 0 Å². The molecule has 1 aromatic heterocycles. The topological polar surface area (TPSA) is 40.7 Å². The fraction of sp³-hybridized carbons (Fsp3) is 0.133. The van der Waals surface area contributed by atoms with Crippen LogP contribution in [0.5, 0.6) is 0 Å². The Balaban J connectivity index is 1.86. The number of imidazole rings is 1. The van der Waals surface area contributed by atoms with E-state index in [1.807, 2.05) is 6.07 Å². The third-order valence-corrected chi connectivity index (χ3v) is 4.36. The molecule has 0 unspecified atom stereocenters. The number of hydrogen-bond acceptors (Lipinski definition) is 2. The lowest BCUT2D eigenvalue weighted by atomic mass is 10.1. The number of nitrogens with one attached hydrogen (secondary N) is 2. The molecule has 0 atom stereocenters. The van der Waals surface area contributed by atoms with E-state index in [1.165, 1.54) is 11.1 Å². The van der Waals surface area contributed by atoms with Gasteiger partial charge in [-0.2, -0.15) is 0 Å². The molecule has 0 spiro atoms. The average Bonchev–Trinajstić information content (AvgIpc) is 3.04. The number of fused-ring (bicyclic) bond motifs is 2. The molecule has 5 heteroatoms. The first-order valence-corrected chi connectivity index (χ1v) is 7.14. The maximum atomic E-state index is 6.03. The van der Waals surface area contributed by atoms with Gasteiger partial charge in [-0.15, -0.1) is 0 Å². The molecule has 100 valence electrons. The van der Waals surface area contributed by atoms with Crippen LogP contribution in [0.4, 0.5) is 0 Å². The minimum absolute atomic E-state index is 0.523. The van der Waals surface area contributed by atoms with Crippen LogP contribution in [0.25, 0.3) is 22.4 Å². The monoisotopic (exact) mass is 303 g/mol. The smallest absolute Gasteiger partial charge is 0.138 e. The van der Waals surface area contributed by atoms with Crippen molar-refractivity contribution in [3.05, 3.63) is 51.5 Å². The highest BCUT2D eigenvalue weighted by Crippen LogP contribution is 2.29. The Morgan fingerprint density at radius 3 is 2.65 bits per heavy atom. The van der Waals surface area contributed by atoms with E-state index in [9.17, 15) is 0 Å². The predicted molar refractivity (Wildman–Crippen MR) is 82.1 cm³/mol. The van der Waals surface area contributed by atoms with Gasteiger partial charge in [0, 0.05) is 18.7 Å². The minimum Gasteiger partial charge on any atom is -0.338 e. The standard InChI is InChI=1S/C15H11Cl2N3/c16-11-4-13-14(5-12(11)17)20-15(19-13)8-1-2-9-6-18-7-10(9)3-8/h1-5,18H,6-7H2,(H,19,20). The first kappa shape index (κ1) is 12.2. The summed E-state index contributed by atoms with van der Waals surface area (Å²) in [5.41, 5.74) is 5.49. The van der Waals surface area contributed by atoms with E-state index in [4.69, 9.17) is 23.2 Å². The van der Waals surface area contributed by atoms with Gasteiger partial charge >= 0.3 is 0 Å². The number of nitrogens with zero attached hydrogens (tertiary/aromatic N) is 1. The summed E-state index contributed by atoms with van der Waals surface area (Å²) in [6, 6.07) is 10.0. The molecule has 1 aliphatic heterocycles. The van der Waals surface area contributed by atoms with Gasteiger partial charge in [0.1, 0.15) is 5.82 Å². The second kappa shape index (κ2) is 4.48. The van der Waals surface area contributed by atoms with Gasteiger partial charge in [-0.05, 0) is 29.3 Å². The lowest BCUT2D eigenvalue weighted by Crippen LogP contribution is -1.99. The highest BCUT2D eigenvalue weighted by Gasteiger charge is 2.13. The molecule has 0 fully saturated rings. The van der Waals surface area contributed by atoms with Crippen molar-refractivity contribution in [1.29, 1.82) is 0 Å². The zero-order valence-electron chi connectivity index (χ0n) is 10.5. The molecule has 3 nitrogen and oxygen atoms in total. The van der Waals surface area contributed by atoms with E-state index in [1.54, 1.807) is 6.07 Å². The van der Waals surface area contributed by atoms with E-state index in [0.717, 1.165) is 35.5 Å². The van der Waals surface area contributed by atoms with Crippen molar-refractivity contribution >= 4 is 34.2 Å². The van der Waals surface area contributed by atoms with E-state index < -0.39 is 0 Å². The second-order valence-electron chi connectivity index (χ2n) is 4.96. The Morgan fingerprint density at radius 2 is 1.75 bits per heavy atom. The fourth-order valence-electron chi connectivity index (χ4n) is 2.58. The van der Waals surface area contributed by atoms with Crippen LogP contribution in [0.2, 0.25) is 10.0 Å². The molecule has 2 N–H and O–H groups in total. The lowest BCUT2D eigenvalue weighted by molar-refractivity contribution is 0.765. The molecule has 0 amide bonds. The maximum Gasteiger partial charge on any atom is 0.138 e. The molecule has 4 rings (SSSR count). The Bertz CT molecular complexity index is 784. The Labute approximate surface area is 125 Å². The summed E-state index contributed by atoms with van der Waals surface area (Å²) in [7, 11) is 0. The first-order chi connectivity index (χ1) is 9.70. The third kappa shape index (κ3) is 1.90. The van der Waals surface area contributed by atoms with Gasteiger partial charge in [0.2, 0.25) is 0 Å². The summed E-state index contributed by atoms with van der Waals surface area (Å²) in [4.78, 5) is 7.89. The van der Waals surface area contributed by atoms with E-state index in [0.29, 0.717) is 10.0 Å². The number of rotatable bonds is 1. The summed E-state index contributed by atoms with van der Waals surface area (Å²) in [5.74, 6) is 0.841. The quantitative estimate of drug-likeness (QED) is 0.709. The zero-order valence-corrected chi connectivity index (χ0v) is 12.0. The minimum atomic E-state index is 0.523. The second-order valence-corrected chi connectivity index (χ2v) is 5.77. The molecule has 1 aliphatic rings. The van der Waals surface area contributed by atoms with Crippen LogP contribution in [-0.4, -0.2) is 9.97 Å². The highest BCUT2D eigenvalue weighted by molar-refractivity contribution is 6.42. The molecular weight excluding hydrogens is 293 g/mol. The van der Waals surface area contributed by atoms with Crippen molar-refractivity contribution < 1.29 is 0 Å². The van der Waals surface area contributed by atoms with Crippen LogP contribution in [0.3, 0.4) is 0 Å². The molecule has 20 heavy (non-hydrogen) atoms. The van der Waals surface area contributed by atoms with Crippen molar-refractivity contribution in [3.8, 4) is 11.4 Å². The molecule has 0 saturated heterocycles. The fourth-order valence-corrected chi connectivity index (χ4v) is 2.91. The van der Waals surface area contributed by atoms with Gasteiger partial charge in [-0.3, -0.25) is 0 Å². The number of H-pyrrole nitrogens is 1. The molecule has 2 heterocycles. The lowest BCUT2D eigenvalue weighted by Gasteiger charge is -2.01. The van der Waals surface area contributed by atoms with Gasteiger partial charge in [-0.1, -0.05) is 35.3 Å². The van der Waals surface area contributed by atoms with E-state index >= 15 is 0 Å². The summed E-state index contributed by atoms with van der Waals surface area (Å²) in [5, 5.41) is 4.40. The van der Waals surface area contributed by atoms with Crippen LogP contribution >= 0.6 is 23.2 Å². The molecule has 0 bridgehead atoms. The Kier molecular flexibility index (Phi) is 2.74. The molecule has 0 aliphatic carbocycles. The first-order valence-electron chi connectivity index (χ1n) is 6.38. The van der Waals surface area contributed by atoms with Crippen LogP contribution in [-0.2, 0) is 13.1 Å². The van der Waals surface area contributed by atoms with Crippen molar-refractivity contribution in [2.45, 2.75) is 13.1 Å². The van der Waals surface area contributed by atoms with Gasteiger partial charge < -0.3 is 10.3 Å². The van der Waals surface area contributed by atoms with Crippen molar-refractivity contribution in [3.63, 3.8) is 0 Å². The zero-order chi connectivity index (χ0) is 13.7. The summed E-state index contributed by atoms with van der Waals surface area (Å²) in [6.07, 6.45) is 0. The molecule has 3 aromatic rings. The average molecular weight is 304 g/mol. The Hall–Kier alpha value is -1.55. The number of aromatic nitrogens is 2. The normalized spacial score (nSPS) is 13.9. The molecule has 0 radical (unpaired) electrons. The van der Waals surface area contributed by atoms with Crippen LogP contribution < -0.4 is 5.32 Å². The van der Waals surface area contributed by atoms with E-state index in [2.05, 4.69) is 33.5 Å². The van der Waals surface area contributed by atoms with Crippen molar-refractivity contribution in [2.75, 3.05) is 0 Å². The predicted octanol–water partition coefficient (Wildman–Crippen LogP) is 4.14. The number of benzene rings is 2. The number of halogens is 2. The maximum absolute atomic E-state index is 6.03. The highest BCUT2D eigenvalue weighted by atomic mass is 35.5. The molecule has 0 saturated carbocycles. The van der Waals surface area contributed by atoms with Gasteiger partial charge in [0.05, 0.1) is 21.1 Å². The van der Waals surface area contributed by atoms with Gasteiger partial charge in [-0.25, -0.2) is 4.98 Å². The van der Waals surface area contributed by atoms with Gasteiger partial charge in [0.15, 0.2) is 0 Å². The van der Waals surface area contributed by atoms with E-state index in [-0.39, 0.29) is 0 Å². The van der Waals surface area contributed by atoms with Crippen molar-refractivity contribution in [2.24, 2.45) is 0 Å². The molecular formula is C15H11Cl2N3. The summed E-state index contributed by atoms with van der Waals surface area (Å²) < 4.78 is 0. The molecule has 2 aromatic carbocycles. The summed E-state index contributed by atoms with van der Waals surface area (Å²) in [6.45, 7) is 1.86. The number of aromatic amines is 1.